The summed E-state index contributed by atoms with van der Waals surface area (Å²) in [6.45, 7) is 0. The van der Waals surface area contributed by atoms with Gasteiger partial charge in [0.2, 0.25) is 0 Å². The van der Waals surface area contributed by atoms with Gasteiger partial charge in [-0.3, -0.25) is 0 Å². The van der Waals surface area contributed by atoms with Gasteiger partial charge >= 0.3 is 0 Å². The van der Waals surface area contributed by atoms with Crippen LogP contribution in [-0.4, -0.2) is 32.0 Å². The highest BCUT2D eigenvalue weighted by molar-refractivity contribution is 5.59. The van der Waals surface area contributed by atoms with Crippen molar-refractivity contribution in [1.29, 1.82) is 0 Å². The molecule has 0 saturated heterocycles. The average Bonchev–Trinajstić information content (AvgIpc) is 3.06. The summed E-state index contributed by atoms with van der Waals surface area (Å²) in [5, 5.41) is 25.6. The van der Waals surface area contributed by atoms with E-state index >= 15 is 0 Å². The van der Waals surface area contributed by atoms with Gasteiger partial charge in [0, 0.05) is 18.2 Å². The van der Waals surface area contributed by atoms with Crippen LogP contribution in [0.5, 0.6) is 11.5 Å². The molecule has 2 aromatic carbocycles. The van der Waals surface area contributed by atoms with E-state index in [2.05, 4.69) is 20.6 Å². The molecule has 0 spiro atoms. The number of anilines is 2. The van der Waals surface area contributed by atoms with Gasteiger partial charge in [-0.1, -0.05) is 18.2 Å². The lowest BCUT2D eigenvalue weighted by atomic mass is 10.1. The number of rotatable bonds is 5. The van der Waals surface area contributed by atoms with E-state index in [9.17, 15) is 5.11 Å². The van der Waals surface area contributed by atoms with Gasteiger partial charge in [-0.2, -0.15) is 4.52 Å². The van der Waals surface area contributed by atoms with Crippen molar-refractivity contribution in [3.63, 3.8) is 0 Å². The Balaban J connectivity index is 1.62. The van der Waals surface area contributed by atoms with Crippen LogP contribution in [0.2, 0.25) is 0 Å². The number of aromatic hydroxyl groups is 1. The zero-order chi connectivity index (χ0) is 17.9. The predicted octanol–water partition coefficient (Wildman–Crippen LogP) is 3.17. The Morgan fingerprint density at radius 2 is 1.88 bits per heavy atom. The minimum absolute atomic E-state index is 0.239. The van der Waals surface area contributed by atoms with Crippen molar-refractivity contribution in [3.05, 3.63) is 72.1 Å². The van der Waals surface area contributed by atoms with Crippen LogP contribution in [0.1, 0.15) is 11.4 Å². The maximum absolute atomic E-state index is 9.41. The third-order valence-corrected chi connectivity index (χ3v) is 3.97. The summed E-state index contributed by atoms with van der Waals surface area (Å²) in [6, 6.07) is 18.4. The lowest BCUT2D eigenvalue weighted by molar-refractivity contribution is 0.415. The summed E-state index contributed by atoms with van der Waals surface area (Å²) in [5.74, 6) is 2.41. The number of phenols is 1. The second-order valence-electron chi connectivity index (χ2n) is 5.80. The minimum atomic E-state index is 0.239. The first-order valence-corrected chi connectivity index (χ1v) is 8.11. The standard InChI is InChI=1S/C19H17N5O2/c1-26-16-4-2-3-14(12-16)20-17-9-10-18-21-22-19(24(18)23-17)11-13-5-7-15(25)8-6-13/h2-10,12,25H,11H2,1H3,(H,20,23). The monoisotopic (exact) mass is 347 g/mol. The zero-order valence-electron chi connectivity index (χ0n) is 14.1. The Hall–Kier alpha value is -3.61. The highest BCUT2D eigenvalue weighted by Gasteiger charge is 2.09. The van der Waals surface area contributed by atoms with Gasteiger partial charge in [0.05, 0.1) is 7.11 Å². The molecule has 0 amide bonds. The summed E-state index contributed by atoms with van der Waals surface area (Å²) < 4.78 is 6.96. The number of hydrogen-bond donors (Lipinski definition) is 2. The predicted molar refractivity (Wildman–Crippen MR) is 98.0 cm³/mol. The lowest BCUT2D eigenvalue weighted by Gasteiger charge is -2.08. The van der Waals surface area contributed by atoms with Crippen molar-refractivity contribution in [2.45, 2.75) is 6.42 Å². The number of ether oxygens (including phenoxy) is 1. The molecule has 0 aliphatic heterocycles. The maximum Gasteiger partial charge on any atom is 0.178 e. The number of fused-ring (bicyclic) bond motifs is 1. The topological polar surface area (TPSA) is 84.6 Å². The molecule has 26 heavy (non-hydrogen) atoms. The zero-order valence-corrected chi connectivity index (χ0v) is 14.1. The van der Waals surface area contributed by atoms with Crippen molar-refractivity contribution in [3.8, 4) is 11.5 Å². The van der Waals surface area contributed by atoms with Crippen molar-refractivity contribution >= 4 is 17.2 Å². The van der Waals surface area contributed by atoms with E-state index < -0.39 is 0 Å². The van der Waals surface area contributed by atoms with Gasteiger partial charge in [0.15, 0.2) is 17.3 Å². The third-order valence-electron chi connectivity index (χ3n) is 3.97. The largest absolute Gasteiger partial charge is 0.508 e. The highest BCUT2D eigenvalue weighted by Crippen LogP contribution is 2.21. The molecule has 2 N–H and O–H groups in total. The Morgan fingerprint density at radius 3 is 2.69 bits per heavy atom. The molecule has 0 aliphatic rings. The molecule has 4 aromatic rings. The molecule has 0 fully saturated rings. The summed E-state index contributed by atoms with van der Waals surface area (Å²) in [5.41, 5.74) is 2.57. The number of aromatic nitrogens is 4. The molecule has 130 valence electrons. The lowest BCUT2D eigenvalue weighted by Crippen LogP contribution is -2.03. The smallest absolute Gasteiger partial charge is 0.178 e. The molecule has 4 rings (SSSR count). The van der Waals surface area contributed by atoms with Gasteiger partial charge < -0.3 is 15.2 Å². The van der Waals surface area contributed by atoms with Crippen molar-refractivity contribution in [2.24, 2.45) is 0 Å². The third kappa shape index (κ3) is 3.27. The Morgan fingerprint density at radius 1 is 1.04 bits per heavy atom. The Labute approximate surface area is 149 Å². The van der Waals surface area contributed by atoms with E-state index in [0.717, 1.165) is 22.8 Å². The summed E-state index contributed by atoms with van der Waals surface area (Å²) in [6.07, 6.45) is 0.567. The van der Waals surface area contributed by atoms with E-state index in [1.165, 1.54) is 0 Å². The second kappa shape index (κ2) is 6.72. The molecule has 2 aromatic heterocycles. The summed E-state index contributed by atoms with van der Waals surface area (Å²) >= 11 is 0. The normalized spacial score (nSPS) is 10.8. The fourth-order valence-corrected chi connectivity index (χ4v) is 2.66. The molecule has 0 unspecified atom stereocenters. The molecular weight excluding hydrogens is 330 g/mol. The number of benzene rings is 2. The molecule has 7 heteroatoms. The first kappa shape index (κ1) is 15.9. The van der Waals surface area contributed by atoms with Crippen LogP contribution >= 0.6 is 0 Å². The van der Waals surface area contributed by atoms with Crippen LogP contribution in [0.25, 0.3) is 5.65 Å². The summed E-state index contributed by atoms with van der Waals surface area (Å²) in [4.78, 5) is 0. The van der Waals surface area contributed by atoms with Crippen molar-refractivity contribution in [1.82, 2.24) is 19.8 Å². The molecule has 0 atom stereocenters. The van der Waals surface area contributed by atoms with E-state index in [1.54, 1.807) is 23.8 Å². The van der Waals surface area contributed by atoms with Gasteiger partial charge in [-0.15, -0.1) is 15.3 Å². The summed E-state index contributed by atoms with van der Waals surface area (Å²) in [7, 11) is 1.64. The number of methoxy groups -OCH3 is 1. The SMILES string of the molecule is COc1cccc(Nc2ccc3nnc(Cc4ccc(O)cc4)n3n2)c1. The van der Waals surface area contributed by atoms with E-state index in [4.69, 9.17) is 4.74 Å². The number of phenolic OH excluding ortho intramolecular Hbond substituents is 1. The quantitative estimate of drug-likeness (QED) is 0.577. The molecule has 0 saturated carbocycles. The van der Waals surface area contributed by atoms with Crippen LogP contribution in [-0.2, 0) is 6.42 Å². The van der Waals surface area contributed by atoms with Crippen molar-refractivity contribution < 1.29 is 9.84 Å². The molecule has 2 heterocycles. The molecule has 0 bridgehead atoms. The first-order valence-electron chi connectivity index (χ1n) is 8.11. The van der Waals surface area contributed by atoms with Crippen LogP contribution in [0.15, 0.2) is 60.7 Å². The van der Waals surface area contributed by atoms with E-state index in [-0.39, 0.29) is 5.75 Å². The molecule has 0 aliphatic carbocycles. The highest BCUT2D eigenvalue weighted by atomic mass is 16.5. The van der Waals surface area contributed by atoms with Crippen LogP contribution in [0.3, 0.4) is 0 Å². The van der Waals surface area contributed by atoms with E-state index in [0.29, 0.717) is 17.9 Å². The van der Waals surface area contributed by atoms with Crippen LogP contribution in [0, 0.1) is 0 Å². The Kier molecular flexibility index (Phi) is 4.10. The van der Waals surface area contributed by atoms with Crippen LogP contribution in [0.4, 0.5) is 11.5 Å². The Bertz CT molecular complexity index is 1040. The van der Waals surface area contributed by atoms with E-state index in [1.807, 2.05) is 48.5 Å². The fraction of sp³-hybridized carbons (Fsp3) is 0.105. The van der Waals surface area contributed by atoms with Gasteiger partial charge in [-0.05, 0) is 42.0 Å². The van der Waals surface area contributed by atoms with Gasteiger partial charge in [-0.25, -0.2) is 0 Å². The maximum atomic E-state index is 9.41. The van der Waals surface area contributed by atoms with Gasteiger partial charge in [0.25, 0.3) is 0 Å². The number of nitrogens with zero attached hydrogens (tertiary/aromatic N) is 4. The van der Waals surface area contributed by atoms with Gasteiger partial charge in [0.1, 0.15) is 11.5 Å². The number of hydrogen-bond acceptors (Lipinski definition) is 6. The van der Waals surface area contributed by atoms with Crippen molar-refractivity contribution in [2.75, 3.05) is 12.4 Å². The first-order chi connectivity index (χ1) is 12.7. The fourth-order valence-electron chi connectivity index (χ4n) is 2.66. The molecule has 0 radical (unpaired) electrons. The molecular formula is C19H17N5O2. The molecule has 7 nitrogen and oxygen atoms in total. The van der Waals surface area contributed by atoms with Crippen LogP contribution < -0.4 is 10.1 Å². The number of nitrogens with one attached hydrogen (secondary N) is 1. The second-order valence-corrected chi connectivity index (χ2v) is 5.80. The minimum Gasteiger partial charge on any atom is -0.508 e. The average molecular weight is 347 g/mol.